The summed E-state index contributed by atoms with van der Waals surface area (Å²) in [6.45, 7) is 4.57. The summed E-state index contributed by atoms with van der Waals surface area (Å²) < 4.78 is 0. The van der Waals surface area contributed by atoms with Gasteiger partial charge in [-0.1, -0.05) is 199 Å². The number of unbranched alkanes of at least 4 members (excludes halogenated alkanes) is 10. The molecule has 4 aromatic rings. The lowest BCUT2D eigenvalue weighted by Gasteiger charge is -2.43. The second-order valence-corrected chi connectivity index (χ2v) is 13.4. The maximum absolute atomic E-state index is 2.30. The average Bonchev–Trinajstić information content (AvgIpc) is 3.08. The Labute approximate surface area is 269 Å². The molecule has 230 valence electrons. The Bertz CT molecular complexity index is 1080. The van der Waals surface area contributed by atoms with Crippen LogP contribution < -0.4 is 16.4 Å². The van der Waals surface area contributed by atoms with Crippen molar-refractivity contribution in [3.63, 3.8) is 0 Å². The molecule has 0 aliphatic rings. The van der Waals surface area contributed by atoms with E-state index >= 15 is 0 Å². The Morgan fingerprint density at radius 2 is 0.791 bits per heavy atom. The van der Waals surface area contributed by atoms with Crippen LogP contribution in [0.15, 0.2) is 121 Å². The first-order valence-electron chi connectivity index (χ1n) is 17.3. The number of thiol groups is 1. The zero-order valence-corrected chi connectivity index (χ0v) is 28.1. The van der Waals surface area contributed by atoms with Crippen molar-refractivity contribution in [2.45, 2.75) is 103 Å². The molecule has 43 heavy (non-hydrogen) atoms. The molecule has 0 nitrogen and oxygen atoms in total. The Morgan fingerprint density at radius 3 is 1.21 bits per heavy atom. The third-order valence-electron chi connectivity index (χ3n) is 8.90. The van der Waals surface area contributed by atoms with Crippen LogP contribution in [0.25, 0.3) is 0 Å². The fourth-order valence-corrected chi connectivity index (χ4v) is 7.51. The van der Waals surface area contributed by atoms with E-state index < -0.39 is 6.15 Å². The molecule has 4 rings (SSSR count). The van der Waals surface area contributed by atoms with Crippen LogP contribution >= 0.6 is 0 Å². The van der Waals surface area contributed by atoms with Gasteiger partial charge in [-0.25, -0.2) is 0 Å². The van der Waals surface area contributed by atoms with Gasteiger partial charge in [0.15, 0.2) is 0 Å². The summed E-state index contributed by atoms with van der Waals surface area (Å²) in [4.78, 5) is 0. The Hall–Kier alpha value is -2.71. The molecule has 0 N–H and O–H groups in total. The summed E-state index contributed by atoms with van der Waals surface area (Å²) in [5.74, 6) is 2.61. The van der Waals surface area contributed by atoms with E-state index in [1.165, 1.54) is 117 Å². The first kappa shape index (κ1) is 34.8. The molecule has 0 saturated carbocycles. The highest BCUT2D eigenvalue weighted by Crippen LogP contribution is 2.16. The van der Waals surface area contributed by atoms with Crippen molar-refractivity contribution < 1.29 is 0 Å². The largest absolute Gasteiger partial charge is 0.200 e. The van der Waals surface area contributed by atoms with Crippen molar-refractivity contribution in [2.24, 2.45) is 0 Å². The minimum Gasteiger partial charge on any atom is -0.200 e. The van der Waals surface area contributed by atoms with E-state index in [-0.39, 0.29) is 0 Å². The van der Waals surface area contributed by atoms with Gasteiger partial charge in [-0.15, -0.1) is 0 Å². The maximum atomic E-state index is 2.30. The molecule has 4 aromatic carbocycles. The van der Waals surface area contributed by atoms with E-state index in [4.69, 9.17) is 0 Å². The molecule has 0 aliphatic carbocycles. The highest BCUT2D eigenvalue weighted by molar-refractivity contribution is 7.77. The lowest BCUT2D eigenvalue weighted by atomic mass is 9.14. The third-order valence-corrected chi connectivity index (χ3v) is 10.1. The molecule has 0 atom stereocenters. The third kappa shape index (κ3) is 12.4. The first-order chi connectivity index (χ1) is 21.3. The maximum Gasteiger partial charge on any atom is 0.130 e. The van der Waals surface area contributed by atoms with Crippen LogP contribution in [-0.4, -0.2) is 11.9 Å². The van der Waals surface area contributed by atoms with Crippen molar-refractivity contribution in [3.8, 4) is 0 Å². The smallest absolute Gasteiger partial charge is 0.130 e. The second kappa shape index (κ2) is 21.9. The van der Waals surface area contributed by atoms with Gasteiger partial charge in [0, 0.05) is 5.56 Å². The SMILES string of the molecule is CCCCCCCCCCCC[SH+]Cc1ccccc1.CCCC[B-](c1ccccc1)(c1ccccc1)c1ccccc1. The number of hydrogen-bond acceptors (Lipinski definition) is 0. The molecule has 0 aliphatic heterocycles. The summed E-state index contributed by atoms with van der Waals surface area (Å²) >= 11 is 1.60. The number of rotatable bonds is 19. The zero-order chi connectivity index (χ0) is 30.3. The standard InChI is InChI=1S/C22H24B.C19H32S/c1-2-3-19-23(20-13-7-4-8-14-20,21-15-9-5-10-16-21)22-17-11-6-12-18-22;1-2-3-4-5-6-7-8-9-10-14-17-20-18-19-15-12-11-13-16-19/h4-18H,2-3,19H2,1H3;11-13,15-16H,2-10,14,17-18H2,1H3/q-1;/p+1. The molecular formula is C41H57BS. The van der Waals surface area contributed by atoms with E-state index in [1.54, 1.807) is 11.8 Å². The van der Waals surface area contributed by atoms with Gasteiger partial charge >= 0.3 is 0 Å². The van der Waals surface area contributed by atoms with Gasteiger partial charge in [0.2, 0.25) is 0 Å². The molecule has 0 aromatic heterocycles. The van der Waals surface area contributed by atoms with Gasteiger partial charge in [0.05, 0.1) is 6.15 Å². The summed E-state index contributed by atoms with van der Waals surface area (Å²) in [5.41, 5.74) is 5.82. The number of hydrogen-bond donors (Lipinski definition) is 0. The molecule has 0 saturated heterocycles. The summed E-state index contributed by atoms with van der Waals surface area (Å²) in [5, 5.41) is 0. The van der Waals surface area contributed by atoms with Crippen LogP contribution in [0.4, 0.5) is 0 Å². The van der Waals surface area contributed by atoms with E-state index in [0.717, 1.165) is 0 Å². The average molecular weight is 593 g/mol. The summed E-state index contributed by atoms with van der Waals surface area (Å²) in [6.07, 6.45) is 17.1. The van der Waals surface area contributed by atoms with Crippen LogP contribution in [0.5, 0.6) is 0 Å². The Kier molecular flexibility index (Phi) is 17.7. The molecule has 0 spiro atoms. The summed E-state index contributed by atoms with van der Waals surface area (Å²) in [7, 11) is 0. The normalized spacial score (nSPS) is 11.1. The van der Waals surface area contributed by atoms with Gasteiger partial charge < -0.3 is 0 Å². The van der Waals surface area contributed by atoms with Gasteiger partial charge in [-0.05, 0) is 24.6 Å². The van der Waals surface area contributed by atoms with Crippen molar-refractivity contribution in [3.05, 3.63) is 127 Å². The van der Waals surface area contributed by atoms with Crippen LogP contribution in [0.2, 0.25) is 6.32 Å². The predicted molar refractivity (Wildman–Crippen MR) is 199 cm³/mol. The first-order valence-corrected chi connectivity index (χ1v) is 18.6. The van der Waals surface area contributed by atoms with Crippen LogP contribution in [-0.2, 0) is 17.5 Å². The van der Waals surface area contributed by atoms with Crippen LogP contribution in [0.1, 0.15) is 96.5 Å². The molecule has 0 heterocycles. The highest BCUT2D eigenvalue weighted by atomic mass is 32.2. The minimum absolute atomic E-state index is 0.913. The summed E-state index contributed by atoms with van der Waals surface area (Å²) in [6, 6.07) is 44.0. The highest BCUT2D eigenvalue weighted by Gasteiger charge is 2.28. The second-order valence-electron chi connectivity index (χ2n) is 12.2. The molecule has 2 heteroatoms. The van der Waals surface area contributed by atoms with E-state index in [0.29, 0.717) is 0 Å². The van der Waals surface area contributed by atoms with Crippen molar-refractivity contribution in [1.29, 1.82) is 0 Å². The Balaban J connectivity index is 0.000000238. The Morgan fingerprint density at radius 1 is 0.419 bits per heavy atom. The van der Waals surface area contributed by atoms with E-state index in [9.17, 15) is 0 Å². The number of benzene rings is 4. The van der Waals surface area contributed by atoms with Crippen molar-refractivity contribution in [1.82, 2.24) is 0 Å². The van der Waals surface area contributed by atoms with Gasteiger partial charge in [-0.2, -0.15) is 22.7 Å². The molecule has 0 unspecified atom stereocenters. The fourth-order valence-electron chi connectivity index (χ4n) is 6.43. The van der Waals surface area contributed by atoms with Crippen molar-refractivity contribution >= 4 is 34.3 Å². The van der Waals surface area contributed by atoms with E-state index in [1.807, 2.05) is 0 Å². The molecule has 0 amide bonds. The van der Waals surface area contributed by atoms with Crippen molar-refractivity contribution in [2.75, 3.05) is 5.75 Å². The quantitative estimate of drug-likeness (QED) is 0.0440. The van der Waals surface area contributed by atoms with E-state index in [2.05, 4.69) is 135 Å². The molecular weight excluding hydrogens is 535 g/mol. The fraction of sp³-hybridized carbons (Fsp3) is 0.415. The predicted octanol–water partition coefficient (Wildman–Crippen LogP) is 9.88. The molecule has 0 radical (unpaired) electrons. The van der Waals surface area contributed by atoms with Gasteiger partial charge in [-0.3, -0.25) is 0 Å². The monoisotopic (exact) mass is 592 g/mol. The van der Waals surface area contributed by atoms with Crippen LogP contribution in [0, 0.1) is 0 Å². The lowest BCUT2D eigenvalue weighted by molar-refractivity contribution is 0.563. The zero-order valence-electron chi connectivity index (χ0n) is 27.2. The van der Waals surface area contributed by atoms with Gasteiger partial charge in [0.25, 0.3) is 0 Å². The minimum atomic E-state index is -0.913. The molecule has 0 fully saturated rings. The topological polar surface area (TPSA) is 0 Å². The molecule has 0 bridgehead atoms. The lowest BCUT2D eigenvalue weighted by Crippen LogP contribution is -2.66. The van der Waals surface area contributed by atoms with Crippen LogP contribution in [0.3, 0.4) is 0 Å². The van der Waals surface area contributed by atoms with Gasteiger partial charge in [0.1, 0.15) is 11.5 Å².